The van der Waals surface area contributed by atoms with E-state index in [1.807, 2.05) is 30.3 Å². The van der Waals surface area contributed by atoms with E-state index in [0.717, 1.165) is 5.56 Å². The van der Waals surface area contributed by atoms with Crippen molar-refractivity contribution in [2.75, 3.05) is 6.26 Å². The molecule has 1 aromatic carbocycles. The van der Waals surface area contributed by atoms with Crippen molar-refractivity contribution in [3.8, 4) is 0 Å². The van der Waals surface area contributed by atoms with Gasteiger partial charge in [0.2, 0.25) is 0 Å². The van der Waals surface area contributed by atoms with E-state index >= 15 is 0 Å². The quantitative estimate of drug-likeness (QED) is 0.778. The second kappa shape index (κ2) is 4.16. The number of benzene rings is 1. The van der Waals surface area contributed by atoms with Crippen LogP contribution in [0.15, 0.2) is 30.3 Å². The standard InChI is InChI=1S/C9H10O2S/c1-12-8(9(10)11)7-5-3-2-4-6-7/h2-6,8H,1H3,(H,10,11)/t8-/m1/s1. The summed E-state index contributed by atoms with van der Waals surface area (Å²) in [5.41, 5.74) is 0.845. The van der Waals surface area contributed by atoms with Crippen molar-refractivity contribution in [1.82, 2.24) is 0 Å². The van der Waals surface area contributed by atoms with Crippen molar-refractivity contribution in [1.29, 1.82) is 0 Å². The molecule has 0 bridgehead atoms. The van der Waals surface area contributed by atoms with Crippen LogP contribution in [0.2, 0.25) is 0 Å². The smallest absolute Gasteiger partial charge is 0.321 e. The Labute approximate surface area is 75.6 Å². The van der Waals surface area contributed by atoms with Crippen LogP contribution < -0.4 is 0 Å². The van der Waals surface area contributed by atoms with Crippen molar-refractivity contribution in [3.63, 3.8) is 0 Å². The first kappa shape index (κ1) is 9.13. The molecule has 1 rings (SSSR count). The highest BCUT2D eigenvalue weighted by Gasteiger charge is 2.16. The Bertz CT molecular complexity index is 258. The summed E-state index contributed by atoms with van der Waals surface area (Å²) in [6, 6.07) is 9.23. The molecule has 0 heterocycles. The van der Waals surface area contributed by atoms with E-state index in [1.54, 1.807) is 6.26 Å². The number of thioether (sulfide) groups is 1. The number of hydrogen-bond acceptors (Lipinski definition) is 2. The molecule has 0 aromatic heterocycles. The molecule has 0 fully saturated rings. The van der Waals surface area contributed by atoms with Crippen LogP contribution >= 0.6 is 11.8 Å². The Kier molecular flexibility index (Phi) is 3.17. The monoisotopic (exact) mass is 182 g/mol. The number of carboxylic acids is 1. The number of hydrogen-bond donors (Lipinski definition) is 1. The third kappa shape index (κ3) is 2.01. The fraction of sp³-hybridized carbons (Fsp3) is 0.222. The summed E-state index contributed by atoms with van der Waals surface area (Å²) < 4.78 is 0. The van der Waals surface area contributed by atoms with Gasteiger partial charge < -0.3 is 5.11 Å². The maximum atomic E-state index is 10.7. The van der Waals surface area contributed by atoms with Gasteiger partial charge in [-0.05, 0) is 11.8 Å². The lowest BCUT2D eigenvalue weighted by Crippen LogP contribution is -2.06. The minimum absolute atomic E-state index is 0.439. The summed E-state index contributed by atoms with van der Waals surface area (Å²) in [5, 5.41) is 8.37. The van der Waals surface area contributed by atoms with Gasteiger partial charge in [0.15, 0.2) is 0 Å². The van der Waals surface area contributed by atoms with Gasteiger partial charge in [0.05, 0.1) is 0 Å². The largest absolute Gasteiger partial charge is 0.480 e. The minimum atomic E-state index is -0.784. The van der Waals surface area contributed by atoms with Crippen molar-refractivity contribution in [3.05, 3.63) is 35.9 Å². The van der Waals surface area contributed by atoms with Gasteiger partial charge in [0.1, 0.15) is 5.25 Å². The predicted octanol–water partition coefficient (Wildman–Crippen LogP) is 2.18. The molecule has 1 atom stereocenters. The van der Waals surface area contributed by atoms with E-state index in [0.29, 0.717) is 0 Å². The molecule has 0 saturated carbocycles. The number of rotatable bonds is 3. The number of carboxylic acid groups (broad SMARTS) is 1. The van der Waals surface area contributed by atoms with Gasteiger partial charge in [-0.25, -0.2) is 0 Å². The highest BCUT2D eigenvalue weighted by Crippen LogP contribution is 2.25. The van der Waals surface area contributed by atoms with Gasteiger partial charge in [-0.3, -0.25) is 4.79 Å². The Hall–Kier alpha value is -0.960. The van der Waals surface area contributed by atoms with Gasteiger partial charge >= 0.3 is 5.97 Å². The first-order valence-corrected chi connectivity index (χ1v) is 4.85. The summed E-state index contributed by atoms with van der Waals surface area (Å²) in [7, 11) is 0. The zero-order valence-corrected chi connectivity index (χ0v) is 7.54. The molecule has 0 aliphatic rings. The average Bonchev–Trinajstić information content (AvgIpc) is 2.07. The third-order valence-corrected chi connectivity index (χ3v) is 2.51. The summed E-state index contributed by atoms with van der Waals surface area (Å²) in [6.45, 7) is 0. The Balaban J connectivity index is 2.88. The predicted molar refractivity (Wildman–Crippen MR) is 50.3 cm³/mol. The molecule has 0 spiro atoms. The summed E-state index contributed by atoms with van der Waals surface area (Å²) in [5.74, 6) is -0.784. The maximum Gasteiger partial charge on any atom is 0.321 e. The van der Waals surface area contributed by atoms with Gasteiger partial charge in [0, 0.05) is 0 Å². The van der Waals surface area contributed by atoms with Gasteiger partial charge in [-0.2, -0.15) is 0 Å². The van der Waals surface area contributed by atoms with Crippen LogP contribution in [0, 0.1) is 0 Å². The fourth-order valence-electron chi connectivity index (χ4n) is 1.01. The van der Waals surface area contributed by atoms with Crippen LogP contribution in [0.4, 0.5) is 0 Å². The number of carbonyl (C=O) groups is 1. The van der Waals surface area contributed by atoms with Crippen LogP contribution in [-0.2, 0) is 4.79 Å². The minimum Gasteiger partial charge on any atom is -0.480 e. The second-order valence-electron chi connectivity index (χ2n) is 2.36. The van der Waals surface area contributed by atoms with Crippen molar-refractivity contribution in [2.24, 2.45) is 0 Å². The van der Waals surface area contributed by atoms with E-state index in [2.05, 4.69) is 0 Å². The molecule has 1 N–H and O–H groups in total. The molecular formula is C9H10O2S. The second-order valence-corrected chi connectivity index (χ2v) is 3.31. The molecule has 3 heteroatoms. The van der Waals surface area contributed by atoms with Crippen molar-refractivity contribution in [2.45, 2.75) is 5.25 Å². The molecule has 1 aromatic rings. The molecule has 0 amide bonds. The van der Waals surface area contributed by atoms with Crippen LogP contribution in [0.5, 0.6) is 0 Å². The molecular weight excluding hydrogens is 172 g/mol. The Morgan fingerprint density at radius 1 is 1.42 bits per heavy atom. The maximum absolute atomic E-state index is 10.7. The van der Waals surface area contributed by atoms with E-state index < -0.39 is 11.2 Å². The molecule has 0 aliphatic carbocycles. The summed E-state index contributed by atoms with van der Waals surface area (Å²) in [4.78, 5) is 10.7. The van der Waals surface area contributed by atoms with Crippen LogP contribution in [0.1, 0.15) is 10.8 Å². The SMILES string of the molecule is CS[C@@H](C(=O)O)c1ccccc1. The molecule has 12 heavy (non-hydrogen) atoms. The lowest BCUT2D eigenvalue weighted by atomic mass is 10.1. The highest BCUT2D eigenvalue weighted by atomic mass is 32.2. The fourth-order valence-corrected chi connectivity index (χ4v) is 1.64. The van der Waals surface area contributed by atoms with Crippen molar-refractivity contribution >= 4 is 17.7 Å². The van der Waals surface area contributed by atoms with Gasteiger partial charge in [-0.15, -0.1) is 11.8 Å². The molecule has 2 nitrogen and oxygen atoms in total. The van der Waals surface area contributed by atoms with E-state index in [4.69, 9.17) is 5.11 Å². The molecule has 0 unspecified atom stereocenters. The average molecular weight is 182 g/mol. The van der Waals surface area contributed by atoms with Crippen LogP contribution in [0.25, 0.3) is 0 Å². The first-order chi connectivity index (χ1) is 5.75. The van der Waals surface area contributed by atoms with E-state index in [1.165, 1.54) is 11.8 Å². The topological polar surface area (TPSA) is 37.3 Å². The zero-order valence-electron chi connectivity index (χ0n) is 6.73. The molecule has 64 valence electrons. The van der Waals surface area contributed by atoms with Gasteiger partial charge in [-0.1, -0.05) is 30.3 Å². The Morgan fingerprint density at radius 3 is 2.42 bits per heavy atom. The van der Waals surface area contributed by atoms with Crippen LogP contribution in [0.3, 0.4) is 0 Å². The summed E-state index contributed by atoms with van der Waals surface area (Å²) in [6.07, 6.45) is 1.80. The molecule has 0 saturated heterocycles. The molecule has 0 radical (unpaired) electrons. The van der Waals surface area contributed by atoms with Crippen molar-refractivity contribution < 1.29 is 9.90 Å². The van der Waals surface area contributed by atoms with E-state index in [9.17, 15) is 4.79 Å². The Morgan fingerprint density at radius 2 is 2.00 bits per heavy atom. The van der Waals surface area contributed by atoms with E-state index in [-0.39, 0.29) is 0 Å². The lowest BCUT2D eigenvalue weighted by molar-refractivity contribution is -0.136. The third-order valence-electron chi connectivity index (χ3n) is 1.56. The zero-order chi connectivity index (χ0) is 8.97. The normalized spacial score (nSPS) is 12.4. The first-order valence-electron chi connectivity index (χ1n) is 3.56. The number of aliphatic carboxylic acids is 1. The van der Waals surface area contributed by atoms with Gasteiger partial charge in [0.25, 0.3) is 0 Å². The van der Waals surface area contributed by atoms with Crippen LogP contribution in [-0.4, -0.2) is 17.3 Å². The summed E-state index contributed by atoms with van der Waals surface area (Å²) >= 11 is 1.33. The molecule has 0 aliphatic heterocycles. The lowest BCUT2D eigenvalue weighted by Gasteiger charge is -2.08. The highest BCUT2D eigenvalue weighted by molar-refractivity contribution is 7.99.